The highest BCUT2D eigenvalue weighted by atomic mass is 16.5. The second-order valence-corrected chi connectivity index (χ2v) is 5.27. The molecule has 1 rings (SSSR count). The second-order valence-electron chi connectivity index (χ2n) is 5.27. The zero-order chi connectivity index (χ0) is 13.1. The van der Waals surface area contributed by atoms with Gasteiger partial charge in [-0.3, -0.25) is 10.5 Å². The van der Waals surface area contributed by atoms with Crippen LogP contribution in [-0.4, -0.2) is 22.5 Å². The van der Waals surface area contributed by atoms with Crippen molar-refractivity contribution in [3.05, 3.63) is 18.0 Å². The number of nitrogens with one attached hydrogen (secondary N) is 1. The lowest BCUT2D eigenvalue weighted by Crippen LogP contribution is -2.45. The van der Waals surface area contributed by atoms with Crippen molar-refractivity contribution in [3.8, 4) is 0 Å². The number of aryl methyl sites for hydroxylation is 1. The van der Waals surface area contributed by atoms with Crippen molar-refractivity contribution in [1.82, 2.24) is 15.2 Å². The van der Waals surface area contributed by atoms with Crippen LogP contribution in [0.15, 0.2) is 12.3 Å². The van der Waals surface area contributed by atoms with Gasteiger partial charge in [0.25, 0.3) is 0 Å². The van der Waals surface area contributed by atoms with Gasteiger partial charge in [-0.05, 0) is 18.4 Å². The van der Waals surface area contributed by atoms with Crippen LogP contribution in [0.2, 0.25) is 0 Å². The number of nitrogens with zero attached hydrogens (tertiary/aromatic N) is 2. The molecule has 0 aliphatic rings. The molecule has 0 radical (unpaired) electrons. The van der Waals surface area contributed by atoms with Crippen LogP contribution >= 0.6 is 0 Å². The Kier molecular flexibility index (Phi) is 4.68. The van der Waals surface area contributed by atoms with Crippen molar-refractivity contribution in [3.63, 3.8) is 0 Å². The molecule has 1 heterocycles. The van der Waals surface area contributed by atoms with Crippen LogP contribution in [0.3, 0.4) is 0 Å². The molecule has 0 spiro atoms. The molecule has 0 saturated carbocycles. The smallest absolute Gasteiger partial charge is 0.0895 e. The molecule has 5 nitrogen and oxygen atoms in total. The maximum atomic E-state index is 5.85. The predicted molar refractivity (Wildman–Crippen MR) is 68.1 cm³/mol. The first kappa shape index (κ1) is 14.2. The van der Waals surface area contributed by atoms with Crippen molar-refractivity contribution < 1.29 is 4.74 Å². The van der Waals surface area contributed by atoms with E-state index in [1.54, 1.807) is 6.20 Å². The average molecular weight is 240 g/mol. The summed E-state index contributed by atoms with van der Waals surface area (Å²) in [4.78, 5) is 0. The Bertz CT molecular complexity index is 343. The number of rotatable bonds is 5. The van der Waals surface area contributed by atoms with Crippen LogP contribution in [0.4, 0.5) is 0 Å². The quantitative estimate of drug-likeness (QED) is 0.603. The number of aromatic nitrogens is 2. The summed E-state index contributed by atoms with van der Waals surface area (Å²) in [6.07, 6.45) is 1.76. The summed E-state index contributed by atoms with van der Waals surface area (Å²) in [6, 6.07) is 1.89. The van der Waals surface area contributed by atoms with Crippen LogP contribution in [0.25, 0.3) is 0 Å². The van der Waals surface area contributed by atoms with E-state index in [4.69, 9.17) is 10.6 Å². The van der Waals surface area contributed by atoms with Gasteiger partial charge in [-0.1, -0.05) is 20.8 Å². The van der Waals surface area contributed by atoms with Gasteiger partial charge in [-0.15, -0.1) is 0 Å². The van der Waals surface area contributed by atoms with E-state index in [1.165, 1.54) is 0 Å². The fourth-order valence-electron chi connectivity index (χ4n) is 2.04. The highest BCUT2D eigenvalue weighted by molar-refractivity contribution is 5.10. The summed E-state index contributed by atoms with van der Waals surface area (Å²) in [5, 5.41) is 4.18. The fraction of sp³-hybridized carbons (Fsp3) is 0.750. The number of hydrogen-bond acceptors (Lipinski definition) is 4. The molecule has 0 bridgehead atoms. The molecule has 0 amide bonds. The molecule has 98 valence electrons. The third-order valence-electron chi connectivity index (χ3n) is 2.86. The zero-order valence-corrected chi connectivity index (χ0v) is 11.4. The molecule has 1 aromatic rings. The van der Waals surface area contributed by atoms with E-state index < -0.39 is 0 Å². The Labute approximate surface area is 103 Å². The SMILES string of the molecule is CCOC(C(NN)c1ccnn1C)C(C)(C)C. The number of ether oxygens (including phenoxy) is 1. The summed E-state index contributed by atoms with van der Waals surface area (Å²) >= 11 is 0. The maximum Gasteiger partial charge on any atom is 0.0895 e. The summed E-state index contributed by atoms with van der Waals surface area (Å²) in [6.45, 7) is 9.10. The van der Waals surface area contributed by atoms with Gasteiger partial charge < -0.3 is 4.74 Å². The Hall–Kier alpha value is -0.910. The van der Waals surface area contributed by atoms with E-state index in [-0.39, 0.29) is 17.6 Å². The standard InChI is InChI=1S/C12H24N4O/c1-6-17-11(12(2,3)4)10(15-13)9-7-8-14-16(9)5/h7-8,10-11,15H,6,13H2,1-5H3. The molecule has 0 aromatic carbocycles. The predicted octanol–water partition coefficient (Wildman–Crippen LogP) is 1.38. The maximum absolute atomic E-state index is 5.85. The molecule has 0 aliphatic heterocycles. The van der Waals surface area contributed by atoms with Crippen molar-refractivity contribution in [2.45, 2.75) is 39.8 Å². The summed E-state index contributed by atoms with van der Waals surface area (Å²) < 4.78 is 7.68. The molecule has 17 heavy (non-hydrogen) atoms. The molecule has 2 unspecified atom stereocenters. The normalized spacial score (nSPS) is 15.9. The first-order chi connectivity index (χ1) is 7.91. The van der Waals surface area contributed by atoms with Gasteiger partial charge in [0.05, 0.1) is 17.8 Å². The minimum Gasteiger partial charge on any atom is -0.376 e. The largest absolute Gasteiger partial charge is 0.376 e. The Balaban J connectivity index is 3.02. The minimum absolute atomic E-state index is 0.00266. The molecular weight excluding hydrogens is 216 g/mol. The van der Waals surface area contributed by atoms with Crippen molar-refractivity contribution in [2.75, 3.05) is 6.61 Å². The van der Waals surface area contributed by atoms with Gasteiger partial charge in [0.15, 0.2) is 0 Å². The monoisotopic (exact) mass is 240 g/mol. The molecule has 0 fully saturated rings. The van der Waals surface area contributed by atoms with E-state index in [2.05, 4.69) is 31.3 Å². The van der Waals surface area contributed by atoms with E-state index in [1.807, 2.05) is 24.7 Å². The van der Waals surface area contributed by atoms with Crippen LogP contribution < -0.4 is 11.3 Å². The highest BCUT2D eigenvalue weighted by Crippen LogP contribution is 2.32. The molecule has 3 N–H and O–H groups in total. The number of hydrogen-bond donors (Lipinski definition) is 2. The average Bonchev–Trinajstić information content (AvgIpc) is 2.63. The molecule has 2 atom stereocenters. The van der Waals surface area contributed by atoms with Gasteiger partial charge >= 0.3 is 0 Å². The van der Waals surface area contributed by atoms with E-state index >= 15 is 0 Å². The van der Waals surface area contributed by atoms with Crippen molar-refractivity contribution in [1.29, 1.82) is 0 Å². The summed E-state index contributed by atoms with van der Waals surface area (Å²) in [5.74, 6) is 5.69. The number of hydrazine groups is 1. The van der Waals surface area contributed by atoms with E-state index in [9.17, 15) is 0 Å². The molecule has 0 aliphatic carbocycles. The van der Waals surface area contributed by atoms with E-state index in [0.717, 1.165) is 5.69 Å². The number of nitrogens with two attached hydrogens (primary N) is 1. The first-order valence-electron chi connectivity index (χ1n) is 5.97. The highest BCUT2D eigenvalue weighted by Gasteiger charge is 2.34. The lowest BCUT2D eigenvalue weighted by Gasteiger charge is -2.36. The van der Waals surface area contributed by atoms with Gasteiger partial charge in [0.1, 0.15) is 0 Å². The molecule has 1 aromatic heterocycles. The lowest BCUT2D eigenvalue weighted by molar-refractivity contribution is -0.0382. The summed E-state index contributed by atoms with van der Waals surface area (Å²) in [7, 11) is 1.91. The van der Waals surface area contributed by atoms with Gasteiger partial charge in [-0.2, -0.15) is 5.10 Å². The van der Waals surface area contributed by atoms with E-state index in [0.29, 0.717) is 6.61 Å². The molecular formula is C12H24N4O. The lowest BCUT2D eigenvalue weighted by atomic mass is 9.83. The van der Waals surface area contributed by atoms with Crippen LogP contribution in [-0.2, 0) is 11.8 Å². The van der Waals surface area contributed by atoms with Crippen molar-refractivity contribution >= 4 is 0 Å². The van der Waals surface area contributed by atoms with Crippen LogP contribution in [0.1, 0.15) is 39.4 Å². The minimum atomic E-state index is -0.0672. The summed E-state index contributed by atoms with van der Waals surface area (Å²) in [5.41, 5.74) is 3.88. The Morgan fingerprint density at radius 1 is 1.53 bits per heavy atom. The van der Waals surface area contributed by atoms with Crippen LogP contribution in [0, 0.1) is 5.41 Å². The second kappa shape index (κ2) is 5.62. The zero-order valence-electron chi connectivity index (χ0n) is 11.4. The third-order valence-corrected chi connectivity index (χ3v) is 2.86. The first-order valence-corrected chi connectivity index (χ1v) is 5.97. The van der Waals surface area contributed by atoms with Gasteiger partial charge in [0.2, 0.25) is 0 Å². The Morgan fingerprint density at radius 3 is 2.53 bits per heavy atom. The fourth-order valence-corrected chi connectivity index (χ4v) is 2.04. The molecule has 0 saturated heterocycles. The topological polar surface area (TPSA) is 65.1 Å². The third kappa shape index (κ3) is 3.28. The molecule has 5 heteroatoms. The van der Waals surface area contributed by atoms with Gasteiger partial charge in [0, 0.05) is 19.9 Å². The van der Waals surface area contributed by atoms with Gasteiger partial charge in [-0.25, -0.2) is 5.43 Å². The Morgan fingerprint density at radius 2 is 2.18 bits per heavy atom. The van der Waals surface area contributed by atoms with Crippen molar-refractivity contribution in [2.24, 2.45) is 18.3 Å². The van der Waals surface area contributed by atoms with Crippen LogP contribution in [0.5, 0.6) is 0 Å².